The van der Waals surface area contributed by atoms with Crippen molar-refractivity contribution in [2.24, 2.45) is 0 Å². The van der Waals surface area contributed by atoms with Gasteiger partial charge in [-0.15, -0.1) is 0 Å². The number of nitrogens with zero attached hydrogens (tertiary/aromatic N) is 2. The molecule has 0 spiro atoms. The molecule has 2 aromatic rings. The SMILES string of the molecule is COc1ccc(N2C(=O)CS(=O)(=O)C2c2ccccc2[N+](=O)[O-])cc1Cl. The lowest BCUT2D eigenvalue weighted by molar-refractivity contribution is -0.385. The number of sulfone groups is 1. The van der Waals surface area contributed by atoms with E-state index in [-0.39, 0.29) is 22.0 Å². The van der Waals surface area contributed by atoms with Crippen LogP contribution in [0.2, 0.25) is 5.02 Å². The van der Waals surface area contributed by atoms with Gasteiger partial charge in [-0.25, -0.2) is 8.42 Å². The molecule has 0 radical (unpaired) electrons. The molecule has 3 rings (SSSR count). The molecule has 1 saturated heterocycles. The predicted molar refractivity (Wildman–Crippen MR) is 95.1 cm³/mol. The fraction of sp³-hybridized carbons (Fsp3) is 0.188. The van der Waals surface area contributed by atoms with E-state index < -0.39 is 31.8 Å². The van der Waals surface area contributed by atoms with E-state index in [9.17, 15) is 23.3 Å². The number of halogens is 1. The van der Waals surface area contributed by atoms with Crippen molar-refractivity contribution in [1.29, 1.82) is 0 Å². The Morgan fingerprint density at radius 3 is 2.58 bits per heavy atom. The van der Waals surface area contributed by atoms with Crippen LogP contribution in [0.3, 0.4) is 0 Å². The monoisotopic (exact) mass is 396 g/mol. The van der Waals surface area contributed by atoms with Crippen molar-refractivity contribution in [3.63, 3.8) is 0 Å². The Balaban J connectivity index is 2.20. The minimum absolute atomic E-state index is 0.0738. The highest BCUT2D eigenvalue weighted by Gasteiger charge is 2.48. The van der Waals surface area contributed by atoms with Crippen molar-refractivity contribution in [3.05, 3.63) is 63.2 Å². The molecular formula is C16H13ClN2O6S. The van der Waals surface area contributed by atoms with Crippen LogP contribution >= 0.6 is 11.6 Å². The Morgan fingerprint density at radius 2 is 1.96 bits per heavy atom. The minimum atomic E-state index is -3.97. The number of hydrogen-bond donors (Lipinski definition) is 0. The van der Waals surface area contributed by atoms with Crippen LogP contribution in [0, 0.1) is 10.1 Å². The van der Waals surface area contributed by atoms with E-state index in [0.717, 1.165) is 4.90 Å². The van der Waals surface area contributed by atoms with Gasteiger partial charge in [-0.05, 0) is 24.3 Å². The number of amides is 1. The Kier molecular flexibility index (Phi) is 4.59. The van der Waals surface area contributed by atoms with Gasteiger partial charge in [0.15, 0.2) is 15.2 Å². The molecule has 1 aliphatic heterocycles. The maximum atomic E-state index is 12.6. The van der Waals surface area contributed by atoms with E-state index in [1.165, 1.54) is 49.6 Å². The quantitative estimate of drug-likeness (QED) is 0.581. The number of hydrogen-bond acceptors (Lipinski definition) is 6. The molecule has 0 bridgehead atoms. The molecule has 0 N–H and O–H groups in total. The molecule has 0 aromatic heterocycles. The molecular weight excluding hydrogens is 384 g/mol. The van der Waals surface area contributed by atoms with E-state index in [1.807, 2.05) is 0 Å². The lowest BCUT2D eigenvalue weighted by Gasteiger charge is -2.24. The van der Waals surface area contributed by atoms with E-state index in [0.29, 0.717) is 5.75 Å². The third-order valence-corrected chi connectivity index (χ3v) is 6.07. The summed E-state index contributed by atoms with van der Waals surface area (Å²) in [5, 5.41) is 10.0. The second-order valence-electron chi connectivity index (χ2n) is 5.56. The zero-order valence-corrected chi connectivity index (χ0v) is 15.0. The van der Waals surface area contributed by atoms with Gasteiger partial charge < -0.3 is 4.74 Å². The van der Waals surface area contributed by atoms with Crippen LogP contribution in [0.5, 0.6) is 5.75 Å². The minimum Gasteiger partial charge on any atom is -0.495 e. The number of ether oxygens (including phenoxy) is 1. The molecule has 1 heterocycles. The topological polar surface area (TPSA) is 107 Å². The highest BCUT2D eigenvalue weighted by atomic mass is 35.5. The largest absolute Gasteiger partial charge is 0.495 e. The number of carbonyl (C=O) groups is 1. The van der Waals surface area contributed by atoms with Gasteiger partial charge in [0.25, 0.3) is 5.69 Å². The van der Waals surface area contributed by atoms with Crippen LogP contribution in [-0.2, 0) is 14.6 Å². The third-order valence-electron chi connectivity index (χ3n) is 3.98. The highest BCUT2D eigenvalue weighted by Crippen LogP contribution is 2.42. The molecule has 10 heteroatoms. The van der Waals surface area contributed by atoms with Crippen LogP contribution in [0.15, 0.2) is 42.5 Å². The van der Waals surface area contributed by atoms with Gasteiger partial charge in [0.2, 0.25) is 5.91 Å². The van der Waals surface area contributed by atoms with Crippen LogP contribution in [0.4, 0.5) is 11.4 Å². The van der Waals surface area contributed by atoms with Gasteiger partial charge in [0.1, 0.15) is 11.5 Å². The molecule has 8 nitrogen and oxygen atoms in total. The molecule has 0 saturated carbocycles. The molecule has 1 aliphatic rings. The summed E-state index contributed by atoms with van der Waals surface area (Å²) in [5.74, 6) is -1.07. The van der Waals surface area contributed by atoms with Crippen LogP contribution in [0.1, 0.15) is 10.9 Å². The molecule has 0 aliphatic carbocycles. The van der Waals surface area contributed by atoms with Crippen molar-refractivity contribution >= 4 is 38.7 Å². The summed E-state index contributed by atoms with van der Waals surface area (Å²) in [4.78, 5) is 24.1. The normalized spacial score (nSPS) is 18.8. The second-order valence-corrected chi connectivity index (χ2v) is 8.03. The fourth-order valence-corrected chi connectivity index (χ4v) is 4.93. The van der Waals surface area contributed by atoms with Crippen molar-refractivity contribution in [2.75, 3.05) is 17.8 Å². The van der Waals surface area contributed by atoms with Crippen LogP contribution < -0.4 is 9.64 Å². The Labute approximate surface area is 154 Å². The van der Waals surface area contributed by atoms with Gasteiger partial charge in [-0.3, -0.25) is 19.8 Å². The molecule has 2 aromatic carbocycles. The molecule has 1 fully saturated rings. The molecule has 26 heavy (non-hydrogen) atoms. The number of nitro groups is 1. The number of anilines is 1. The van der Waals surface area contributed by atoms with Gasteiger partial charge >= 0.3 is 0 Å². The van der Waals surface area contributed by atoms with E-state index in [4.69, 9.17) is 16.3 Å². The zero-order chi connectivity index (χ0) is 19.1. The summed E-state index contributed by atoms with van der Waals surface area (Å²) >= 11 is 6.08. The van der Waals surface area contributed by atoms with Crippen molar-refractivity contribution in [2.45, 2.75) is 5.37 Å². The van der Waals surface area contributed by atoms with E-state index >= 15 is 0 Å². The number of para-hydroxylation sites is 1. The molecule has 1 unspecified atom stereocenters. The van der Waals surface area contributed by atoms with Crippen molar-refractivity contribution < 1.29 is 22.9 Å². The maximum absolute atomic E-state index is 12.6. The summed E-state index contributed by atoms with van der Waals surface area (Å²) in [6, 6.07) is 9.81. The first-order chi connectivity index (χ1) is 12.3. The maximum Gasteiger partial charge on any atom is 0.275 e. The van der Waals surface area contributed by atoms with Crippen LogP contribution in [0.25, 0.3) is 0 Å². The standard InChI is InChI=1S/C16H13ClN2O6S/c1-25-14-7-6-10(8-12(14)17)18-15(20)9-26(23,24)16(18)11-4-2-3-5-13(11)19(21)22/h2-8,16H,9H2,1H3. The number of methoxy groups -OCH3 is 1. The lowest BCUT2D eigenvalue weighted by Crippen LogP contribution is -2.29. The number of carbonyl (C=O) groups excluding carboxylic acids is 1. The lowest BCUT2D eigenvalue weighted by atomic mass is 10.1. The smallest absolute Gasteiger partial charge is 0.275 e. The summed E-state index contributed by atoms with van der Waals surface area (Å²) in [7, 11) is -2.55. The number of nitro benzene ring substituents is 1. The zero-order valence-electron chi connectivity index (χ0n) is 13.5. The van der Waals surface area contributed by atoms with Crippen molar-refractivity contribution in [1.82, 2.24) is 0 Å². The first-order valence-corrected chi connectivity index (χ1v) is 9.46. The molecule has 1 atom stereocenters. The fourth-order valence-electron chi connectivity index (χ4n) is 2.89. The van der Waals surface area contributed by atoms with E-state index in [1.54, 1.807) is 0 Å². The average molecular weight is 397 g/mol. The van der Waals surface area contributed by atoms with Gasteiger partial charge in [0.05, 0.1) is 22.6 Å². The first kappa shape index (κ1) is 18.2. The van der Waals surface area contributed by atoms with Crippen LogP contribution in [-0.4, -0.2) is 32.1 Å². The average Bonchev–Trinajstić information content (AvgIpc) is 2.83. The van der Waals surface area contributed by atoms with Crippen molar-refractivity contribution in [3.8, 4) is 5.75 Å². The molecule has 136 valence electrons. The van der Waals surface area contributed by atoms with E-state index in [2.05, 4.69) is 0 Å². The number of rotatable bonds is 4. The van der Waals surface area contributed by atoms with Gasteiger partial charge in [-0.2, -0.15) is 0 Å². The van der Waals surface area contributed by atoms with Gasteiger partial charge in [-0.1, -0.05) is 23.7 Å². The second kappa shape index (κ2) is 6.58. The Morgan fingerprint density at radius 1 is 1.27 bits per heavy atom. The summed E-state index contributed by atoms with van der Waals surface area (Å²) in [6.45, 7) is 0. The predicted octanol–water partition coefficient (Wildman–Crippen LogP) is 2.72. The van der Waals surface area contributed by atoms with Gasteiger partial charge in [0, 0.05) is 11.8 Å². The Hall–Kier alpha value is -2.65. The summed E-state index contributed by atoms with van der Waals surface area (Å²) in [6.07, 6.45) is 0. The third kappa shape index (κ3) is 2.99. The summed E-state index contributed by atoms with van der Waals surface area (Å²) < 4.78 is 30.2. The highest BCUT2D eigenvalue weighted by molar-refractivity contribution is 7.93. The number of benzene rings is 2. The Bertz CT molecular complexity index is 1010. The first-order valence-electron chi connectivity index (χ1n) is 7.36. The molecule has 1 amide bonds. The summed E-state index contributed by atoms with van der Waals surface area (Å²) in [5.41, 5.74) is -0.235.